The number of rotatable bonds is 4. The van der Waals surface area contributed by atoms with Crippen LogP contribution in [0.5, 0.6) is 0 Å². The lowest BCUT2D eigenvalue weighted by Gasteiger charge is -2.29. The molecule has 102 valence electrons. The molecule has 0 saturated carbocycles. The third-order valence-electron chi connectivity index (χ3n) is 3.12. The SMILES string of the molecule is C[C@@H](NS(=O)(=O)c1sccc1Br)[C@@H]1CCCCN1. The zero-order valence-corrected chi connectivity index (χ0v) is 13.4. The van der Waals surface area contributed by atoms with E-state index in [-0.39, 0.29) is 12.1 Å². The highest BCUT2D eigenvalue weighted by Crippen LogP contribution is 2.27. The summed E-state index contributed by atoms with van der Waals surface area (Å²) in [5.74, 6) is 0. The van der Waals surface area contributed by atoms with Gasteiger partial charge < -0.3 is 5.32 Å². The lowest BCUT2D eigenvalue weighted by atomic mass is 10.00. The number of nitrogens with one attached hydrogen (secondary N) is 2. The number of hydrogen-bond donors (Lipinski definition) is 2. The molecule has 1 fully saturated rings. The van der Waals surface area contributed by atoms with E-state index in [1.165, 1.54) is 17.8 Å². The highest BCUT2D eigenvalue weighted by atomic mass is 79.9. The van der Waals surface area contributed by atoms with Crippen LogP contribution in [0.25, 0.3) is 0 Å². The molecule has 0 aliphatic carbocycles. The Hall–Kier alpha value is 0.0500. The average molecular weight is 353 g/mol. The summed E-state index contributed by atoms with van der Waals surface area (Å²) in [6.07, 6.45) is 3.36. The normalized spacial score (nSPS) is 22.9. The fourth-order valence-corrected chi connectivity index (χ4v) is 5.80. The summed E-state index contributed by atoms with van der Waals surface area (Å²) in [5, 5.41) is 5.13. The molecule has 1 aliphatic heterocycles. The lowest BCUT2D eigenvalue weighted by Crippen LogP contribution is -2.49. The molecule has 18 heavy (non-hydrogen) atoms. The first kappa shape index (κ1) is 14.5. The molecular formula is C11H17BrN2O2S2. The minimum absolute atomic E-state index is 0.0932. The molecule has 0 radical (unpaired) electrons. The Balaban J connectivity index is 2.06. The summed E-state index contributed by atoms with van der Waals surface area (Å²) in [6.45, 7) is 2.89. The van der Waals surface area contributed by atoms with Gasteiger partial charge in [0.2, 0.25) is 0 Å². The summed E-state index contributed by atoms with van der Waals surface area (Å²) >= 11 is 4.49. The Morgan fingerprint density at radius 3 is 2.89 bits per heavy atom. The van der Waals surface area contributed by atoms with Crippen LogP contribution in [0.3, 0.4) is 0 Å². The molecule has 1 saturated heterocycles. The standard InChI is InChI=1S/C11H17BrN2O2S2/c1-8(10-4-2-3-6-13-10)14-18(15,16)11-9(12)5-7-17-11/h5,7-8,10,13-14H,2-4,6H2,1H3/t8-,10+/m1/s1. The Bertz CT molecular complexity index is 495. The van der Waals surface area contributed by atoms with E-state index in [1.807, 2.05) is 6.92 Å². The highest BCUT2D eigenvalue weighted by Gasteiger charge is 2.26. The molecule has 0 aromatic carbocycles. The first-order valence-electron chi connectivity index (χ1n) is 5.99. The largest absolute Gasteiger partial charge is 0.312 e. The van der Waals surface area contributed by atoms with Crippen LogP contribution in [0.2, 0.25) is 0 Å². The summed E-state index contributed by atoms with van der Waals surface area (Å²) in [5.41, 5.74) is 0. The van der Waals surface area contributed by atoms with E-state index in [1.54, 1.807) is 11.4 Å². The van der Waals surface area contributed by atoms with Crippen molar-refractivity contribution in [3.63, 3.8) is 0 Å². The second-order valence-electron chi connectivity index (χ2n) is 4.52. The number of hydrogen-bond acceptors (Lipinski definition) is 4. The van der Waals surface area contributed by atoms with Gasteiger partial charge in [-0.05, 0) is 53.7 Å². The van der Waals surface area contributed by atoms with Gasteiger partial charge >= 0.3 is 0 Å². The van der Waals surface area contributed by atoms with Gasteiger partial charge in [0.15, 0.2) is 0 Å². The van der Waals surface area contributed by atoms with Gasteiger partial charge in [0.05, 0.1) is 0 Å². The molecule has 2 heterocycles. The zero-order chi connectivity index (χ0) is 13.2. The van der Waals surface area contributed by atoms with Crippen molar-refractivity contribution in [3.8, 4) is 0 Å². The van der Waals surface area contributed by atoms with E-state index >= 15 is 0 Å². The van der Waals surface area contributed by atoms with Gasteiger partial charge in [-0.15, -0.1) is 11.3 Å². The number of sulfonamides is 1. The monoisotopic (exact) mass is 352 g/mol. The third-order valence-corrected chi connectivity index (χ3v) is 7.35. The molecular weight excluding hydrogens is 336 g/mol. The second-order valence-corrected chi connectivity index (χ2v) is 8.20. The summed E-state index contributed by atoms with van der Waals surface area (Å²) in [6, 6.07) is 1.89. The maximum Gasteiger partial charge on any atom is 0.251 e. The van der Waals surface area contributed by atoms with Crippen LogP contribution in [0, 0.1) is 0 Å². The van der Waals surface area contributed by atoms with Gasteiger partial charge in [-0.2, -0.15) is 0 Å². The predicted molar refractivity (Wildman–Crippen MR) is 77.4 cm³/mol. The predicted octanol–water partition coefficient (Wildman–Crippen LogP) is 2.32. The Morgan fingerprint density at radius 1 is 1.56 bits per heavy atom. The smallest absolute Gasteiger partial charge is 0.251 e. The van der Waals surface area contributed by atoms with Crippen molar-refractivity contribution >= 4 is 37.3 Å². The topological polar surface area (TPSA) is 58.2 Å². The number of halogens is 1. The van der Waals surface area contributed by atoms with Gasteiger partial charge in [-0.25, -0.2) is 13.1 Å². The van der Waals surface area contributed by atoms with E-state index in [0.29, 0.717) is 8.68 Å². The summed E-state index contributed by atoms with van der Waals surface area (Å²) < 4.78 is 28.2. The van der Waals surface area contributed by atoms with Crippen molar-refractivity contribution < 1.29 is 8.42 Å². The highest BCUT2D eigenvalue weighted by molar-refractivity contribution is 9.10. The molecule has 1 aromatic rings. The number of thiophene rings is 1. The van der Waals surface area contributed by atoms with Crippen LogP contribution >= 0.6 is 27.3 Å². The Kier molecular flexibility index (Phi) is 4.82. The van der Waals surface area contributed by atoms with Gasteiger partial charge in [-0.3, -0.25) is 0 Å². The summed E-state index contributed by atoms with van der Waals surface area (Å²) in [7, 11) is -3.41. The molecule has 2 atom stereocenters. The van der Waals surface area contributed by atoms with Crippen molar-refractivity contribution in [2.75, 3.05) is 6.54 Å². The van der Waals surface area contributed by atoms with Gasteiger partial charge in [0.25, 0.3) is 10.0 Å². The first-order chi connectivity index (χ1) is 8.50. The fraction of sp³-hybridized carbons (Fsp3) is 0.636. The van der Waals surface area contributed by atoms with Crippen LogP contribution in [-0.2, 0) is 10.0 Å². The van der Waals surface area contributed by atoms with Crippen LogP contribution in [0.1, 0.15) is 26.2 Å². The maximum atomic E-state index is 12.2. The minimum atomic E-state index is -3.41. The van der Waals surface area contributed by atoms with E-state index in [0.717, 1.165) is 19.4 Å². The quantitative estimate of drug-likeness (QED) is 0.874. The Labute approximate surface area is 120 Å². The molecule has 1 aliphatic rings. The van der Waals surface area contributed by atoms with Crippen LogP contribution in [0.15, 0.2) is 20.1 Å². The van der Waals surface area contributed by atoms with Crippen molar-refractivity contribution in [2.45, 2.75) is 42.5 Å². The molecule has 0 spiro atoms. The Morgan fingerprint density at radius 2 is 2.33 bits per heavy atom. The summed E-state index contributed by atoms with van der Waals surface area (Å²) in [4.78, 5) is 0. The zero-order valence-electron chi connectivity index (χ0n) is 10.1. The molecule has 0 unspecified atom stereocenters. The second kappa shape index (κ2) is 6.00. The first-order valence-corrected chi connectivity index (χ1v) is 9.15. The molecule has 7 heteroatoms. The van der Waals surface area contributed by atoms with Crippen LogP contribution in [0.4, 0.5) is 0 Å². The van der Waals surface area contributed by atoms with Gasteiger partial charge in [0, 0.05) is 16.6 Å². The minimum Gasteiger partial charge on any atom is -0.312 e. The number of piperidine rings is 1. The maximum absolute atomic E-state index is 12.2. The lowest BCUT2D eigenvalue weighted by molar-refractivity contribution is 0.347. The average Bonchev–Trinajstić information content (AvgIpc) is 2.77. The van der Waals surface area contributed by atoms with E-state index in [4.69, 9.17) is 0 Å². The van der Waals surface area contributed by atoms with Crippen molar-refractivity contribution in [3.05, 3.63) is 15.9 Å². The van der Waals surface area contributed by atoms with Crippen molar-refractivity contribution in [2.24, 2.45) is 0 Å². The van der Waals surface area contributed by atoms with Crippen molar-refractivity contribution in [1.82, 2.24) is 10.0 Å². The molecule has 2 rings (SSSR count). The molecule has 4 nitrogen and oxygen atoms in total. The van der Waals surface area contributed by atoms with Crippen molar-refractivity contribution in [1.29, 1.82) is 0 Å². The van der Waals surface area contributed by atoms with Crippen LogP contribution in [-0.4, -0.2) is 27.0 Å². The molecule has 1 aromatic heterocycles. The van der Waals surface area contributed by atoms with Gasteiger partial charge in [-0.1, -0.05) is 6.42 Å². The van der Waals surface area contributed by atoms with Crippen LogP contribution < -0.4 is 10.0 Å². The molecule has 0 amide bonds. The van der Waals surface area contributed by atoms with E-state index in [2.05, 4.69) is 26.0 Å². The van der Waals surface area contributed by atoms with Gasteiger partial charge in [0.1, 0.15) is 4.21 Å². The molecule has 2 N–H and O–H groups in total. The fourth-order valence-electron chi connectivity index (χ4n) is 2.16. The third kappa shape index (κ3) is 3.33. The van der Waals surface area contributed by atoms with E-state index in [9.17, 15) is 8.42 Å². The molecule has 0 bridgehead atoms. The van der Waals surface area contributed by atoms with E-state index < -0.39 is 10.0 Å².